The van der Waals surface area contributed by atoms with Crippen molar-refractivity contribution in [2.24, 2.45) is 0 Å². The Bertz CT molecular complexity index is 986. The van der Waals surface area contributed by atoms with Crippen LogP contribution in [0.1, 0.15) is 31.1 Å². The van der Waals surface area contributed by atoms with E-state index in [9.17, 15) is 18.4 Å². The molecule has 0 aromatic heterocycles. The van der Waals surface area contributed by atoms with E-state index in [-0.39, 0.29) is 21.8 Å². The Morgan fingerprint density at radius 3 is 2.26 bits per heavy atom. The first-order valence-corrected chi connectivity index (χ1v) is 10.6. The lowest BCUT2D eigenvalue weighted by Gasteiger charge is -2.36. The summed E-state index contributed by atoms with van der Waals surface area (Å²) in [6, 6.07) is 8.40. The molecule has 0 atom stereocenters. The summed E-state index contributed by atoms with van der Waals surface area (Å²) in [6.45, 7) is 7.18. The predicted octanol–water partition coefficient (Wildman–Crippen LogP) is 5.04. The molecule has 2 aromatic rings. The summed E-state index contributed by atoms with van der Waals surface area (Å²) >= 11 is 3.04. The summed E-state index contributed by atoms with van der Waals surface area (Å²) in [6.07, 6.45) is -0.380. The van der Waals surface area contributed by atoms with Gasteiger partial charge in [-0.25, -0.2) is 13.6 Å². The Hall–Kier alpha value is -2.68. The van der Waals surface area contributed by atoms with Crippen molar-refractivity contribution in [2.45, 2.75) is 26.4 Å². The zero-order valence-electron chi connectivity index (χ0n) is 17.5. The number of benzene rings is 2. The second kappa shape index (κ2) is 9.21. The SMILES string of the molecule is CC(C)(C)OC(=O)N1CCN(c2ccc(NC(=O)c3ccc(Br)c(F)c3)cc2F)CC1. The highest BCUT2D eigenvalue weighted by molar-refractivity contribution is 9.10. The van der Waals surface area contributed by atoms with Gasteiger partial charge in [0.05, 0.1) is 10.2 Å². The lowest BCUT2D eigenvalue weighted by molar-refractivity contribution is 0.0240. The summed E-state index contributed by atoms with van der Waals surface area (Å²) < 4.78 is 34.0. The molecule has 1 fully saturated rings. The highest BCUT2D eigenvalue weighted by Crippen LogP contribution is 2.25. The maximum Gasteiger partial charge on any atom is 0.410 e. The van der Waals surface area contributed by atoms with Gasteiger partial charge in [-0.15, -0.1) is 0 Å². The monoisotopic (exact) mass is 495 g/mol. The molecule has 2 aromatic carbocycles. The fraction of sp³-hybridized carbons (Fsp3) is 0.364. The lowest BCUT2D eigenvalue weighted by Crippen LogP contribution is -2.50. The maximum absolute atomic E-state index is 14.7. The van der Waals surface area contributed by atoms with Crippen molar-refractivity contribution in [1.29, 1.82) is 0 Å². The number of hydrogen-bond donors (Lipinski definition) is 1. The minimum Gasteiger partial charge on any atom is -0.444 e. The van der Waals surface area contributed by atoms with Crippen LogP contribution in [0.25, 0.3) is 0 Å². The molecule has 9 heteroatoms. The van der Waals surface area contributed by atoms with E-state index in [1.54, 1.807) is 17.0 Å². The average Bonchev–Trinajstić information content (AvgIpc) is 2.69. The maximum atomic E-state index is 14.7. The molecular formula is C22H24BrF2N3O3. The molecule has 0 spiro atoms. The van der Waals surface area contributed by atoms with Gasteiger partial charge in [0.2, 0.25) is 0 Å². The Labute approximate surface area is 188 Å². The van der Waals surface area contributed by atoms with Crippen LogP contribution in [0.15, 0.2) is 40.9 Å². The van der Waals surface area contributed by atoms with Crippen LogP contribution >= 0.6 is 15.9 Å². The van der Waals surface area contributed by atoms with Crippen molar-refractivity contribution in [3.63, 3.8) is 0 Å². The van der Waals surface area contributed by atoms with E-state index in [1.165, 1.54) is 18.2 Å². The molecule has 1 aliphatic heterocycles. The molecule has 166 valence electrons. The minimum absolute atomic E-state index is 0.128. The van der Waals surface area contributed by atoms with Gasteiger partial charge in [0.25, 0.3) is 5.91 Å². The van der Waals surface area contributed by atoms with Crippen LogP contribution in [0.5, 0.6) is 0 Å². The molecule has 0 radical (unpaired) electrons. The third-order valence-electron chi connectivity index (χ3n) is 4.66. The number of amides is 2. The second-order valence-electron chi connectivity index (χ2n) is 8.20. The molecular weight excluding hydrogens is 472 g/mol. The molecule has 1 heterocycles. The fourth-order valence-corrected chi connectivity index (χ4v) is 3.38. The minimum atomic E-state index is -0.567. The van der Waals surface area contributed by atoms with Gasteiger partial charge >= 0.3 is 6.09 Å². The summed E-state index contributed by atoms with van der Waals surface area (Å²) in [7, 11) is 0. The molecule has 0 saturated carbocycles. The molecule has 1 saturated heterocycles. The van der Waals surface area contributed by atoms with Gasteiger partial charge in [-0.2, -0.15) is 0 Å². The number of carbonyl (C=O) groups is 2. The van der Waals surface area contributed by atoms with E-state index in [0.29, 0.717) is 31.9 Å². The van der Waals surface area contributed by atoms with Crippen LogP contribution in [0.4, 0.5) is 25.0 Å². The molecule has 1 aliphatic rings. The number of hydrogen-bond acceptors (Lipinski definition) is 4. The van der Waals surface area contributed by atoms with Crippen LogP contribution < -0.4 is 10.2 Å². The molecule has 0 unspecified atom stereocenters. The van der Waals surface area contributed by atoms with Crippen LogP contribution in [0, 0.1) is 11.6 Å². The standard InChI is InChI=1S/C22H24BrF2N3O3/c1-22(2,3)31-21(30)28-10-8-27(9-11-28)19-7-5-15(13-18(19)25)26-20(29)14-4-6-16(23)17(24)12-14/h4-7,12-13H,8-11H2,1-3H3,(H,26,29). The van der Waals surface area contributed by atoms with Crippen molar-refractivity contribution < 1.29 is 23.1 Å². The van der Waals surface area contributed by atoms with Crippen LogP contribution in [0.3, 0.4) is 0 Å². The Kier molecular flexibility index (Phi) is 6.83. The molecule has 0 bridgehead atoms. The van der Waals surface area contributed by atoms with Gasteiger partial charge in [-0.3, -0.25) is 4.79 Å². The number of carbonyl (C=O) groups excluding carboxylic acids is 2. The Morgan fingerprint density at radius 1 is 1.00 bits per heavy atom. The molecule has 2 amide bonds. The number of ether oxygens (including phenoxy) is 1. The average molecular weight is 496 g/mol. The first kappa shape index (κ1) is 23.0. The topological polar surface area (TPSA) is 61.9 Å². The Balaban J connectivity index is 1.61. The third kappa shape index (κ3) is 5.94. The van der Waals surface area contributed by atoms with E-state index >= 15 is 0 Å². The first-order chi connectivity index (χ1) is 14.5. The smallest absolute Gasteiger partial charge is 0.410 e. The van der Waals surface area contributed by atoms with Gasteiger partial charge in [0.15, 0.2) is 0 Å². The number of halogens is 3. The number of nitrogens with one attached hydrogen (secondary N) is 1. The number of piperazine rings is 1. The highest BCUT2D eigenvalue weighted by Gasteiger charge is 2.27. The number of rotatable bonds is 3. The number of anilines is 2. The van der Waals surface area contributed by atoms with E-state index in [2.05, 4.69) is 21.2 Å². The second-order valence-corrected chi connectivity index (χ2v) is 9.06. The first-order valence-electron chi connectivity index (χ1n) is 9.82. The predicted molar refractivity (Wildman–Crippen MR) is 118 cm³/mol. The van der Waals surface area contributed by atoms with E-state index in [4.69, 9.17) is 4.74 Å². The molecule has 31 heavy (non-hydrogen) atoms. The normalized spacial score (nSPS) is 14.4. The van der Waals surface area contributed by atoms with Crippen molar-refractivity contribution in [3.05, 3.63) is 58.1 Å². The largest absolute Gasteiger partial charge is 0.444 e. The zero-order valence-corrected chi connectivity index (χ0v) is 19.1. The van der Waals surface area contributed by atoms with Crippen molar-refractivity contribution in [2.75, 3.05) is 36.4 Å². The third-order valence-corrected chi connectivity index (χ3v) is 5.30. The summed E-state index contributed by atoms with van der Waals surface area (Å²) in [5, 5.41) is 2.57. The fourth-order valence-electron chi connectivity index (χ4n) is 3.14. The summed E-state index contributed by atoms with van der Waals surface area (Å²) in [5.74, 6) is -1.59. The zero-order chi connectivity index (χ0) is 22.8. The van der Waals surface area contributed by atoms with Gasteiger partial charge < -0.3 is 19.9 Å². The number of nitrogens with zero attached hydrogens (tertiary/aromatic N) is 2. The van der Waals surface area contributed by atoms with E-state index < -0.39 is 23.1 Å². The van der Waals surface area contributed by atoms with Crippen LogP contribution in [0.2, 0.25) is 0 Å². The summed E-state index contributed by atoms with van der Waals surface area (Å²) in [4.78, 5) is 27.9. The van der Waals surface area contributed by atoms with Crippen LogP contribution in [-0.4, -0.2) is 48.7 Å². The van der Waals surface area contributed by atoms with Gasteiger partial charge in [0.1, 0.15) is 17.2 Å². The van der Waals surface area contributed by atoms with Crippen LogP contribution in [-0.2, 0) is 4.74 Å². The molecule has 0 aliphatic carbocycles. The molecule has 6 nitrogen and oxygen atoms in total. The Morgan fingerprint density at radius 2 is 1.68 bits per heavy atom. The highest BCUT2D eigenvalue weighted by atomic mass is 79.9. The van der Waals surface area contributed by atoms with Crippen molar-refractivity contribution in [3.8, 4) is 0 Å². The van der Waals surface area contributed by atoms with Gasteiger partial charge in [0, 0.05) is 37.4 Å². The van der Waals surface area contributed by atoms with Crippen molar-refractivity contribution >= 4 is 39.3 Å². The van der Waals surface area contributed by atoms with Gasteiger partial charge in [-0.05, 0) is 73.1 Å². The molecule has 3 rings (SSSR count). The quantitative estimate of drug-likeness (QED) is 0.647. The van der Waals surface area contributed by atoms with E-state index in [1.807, 2.05) is 25.7 Å². The van der Waals surface area contributed by atoms with E-state index in [0.717, 1.165) is 6.07 Å². The summed E-state index contributed by atoms with van der Waals surface area (Å²) in [5.41, 5.74) is 0.213. The van der Waals surface area contributed by atoms with Gasteiger partial charge in [-0.1, -0.05) is 0 Å². The molecule has 1 N–H and O–H groups in total. The van der Waals surface area contributed by atoms with Crippen molar-refractivity contribution in [1.82, 2.24) is 4.90 Å². The lowest BCUT2D eigenvalue weighted by atomic mass is 10.2.